The quantitative estimate of drug-likeness (QED) is 0.775. The van der Waals surface area contributed by atoms with Crippen molar-refractivity contribution >= 4 is 29.1 Å². The Bertz CT molecular complexity index is 765. The molecule has 1 aliphatic rings. The van der Waals surface area contributed by atoms with Crippen LogP contribution in [0.15, 0.2) is 48.5 Å². The zero-order valence-electron chi connectivity index (χ0n) is 14.1. The highest BCUT2D eigenvalue weighted by molar-refractivity contribution is 6.30. The second kappa shape index (κ2) is 7.28. The number of nitrogens with one attached hydrogen (secondary N) is 2. The molecule has 2 aromatic rings. The van der Waals surface area contributed by atoms with Gasteiger partial charge in [0.1, 0.15) is 5.41 Å². The molecule has 1 saturated carbocycles. The molecule has 2 N–H and O–H groups in total. The number of benzene rings is 2. The van der Waals surface area contributed by atoms with Crippen LogP contribution in [0.25, 0.3) is 0 Å². The molecular formula is C20H21ClN2O2. The van der Waals surface area contributed by atoms with Crippen molar-refractivity contribution in [3.63, 3.8) is 0 Å². The highest BCUT2D eigenvalue weighted by atomic mass is 35.5. The van der Waals surface area contributed by atoms with Gasteiger partial charge in [-0.25, -0.2) is 0 Å². The summed E-state index contributed by atoms with van der Waals surface area (Å²) >= 11 is 5.86. The third-order valence-corrected chi connectivity index (χ3v) is 4.79. The third-order valence-electron chi connectivity index (χ3n) is 4.54. The second-order valence-electron chi connectivity index (χ2n) is 6.53. The van der Waals surface area contributed by atoms with Crippen LogP contribution in [-0.2, 0) is 16.0 Å². The molecule has 0 aromatic heterocycles. The zero-order chi connectivity index (χ0) is 17.9. The summed E-state index contributed by atoms with van der Waals surface area (Å²) in [6.07, 6.45) is 1.90. The van der Waals surface area contributed by atoms with Crippen LogP contribution < -0.4 is 10.6 Å². The minimum atomic E-state index is -0.912. The smallest absolute Gasteiger partial charge is 0.240 e. The highest BCUT2D eigenvalue weighted by Gasteiger charge is 2.56. The normalized spacial score (nSPS) is 14.6. The van der Waals surface area contributed by atoms with Crippen molar-refractivity contribution in [2.75, 3.05) is 11.9 Å². The molecule has 0 spiro atoms. The van der Waals surface area contributed by atoms with Crippen LogP contribution in [0, 0.1) is 12.3 Å². The Morgan fingerprint density at radius 3 is 2.24 bits per heavy atom. The van der Waals surface area contributed by atoms with Crippen molar-refractivity contribution in [1.82, 2.24) is 5.32 Å². The van der Waals surface area contributed by atoms with E-state index in [4.69, 9.17) is 11.6 Å². The minimum Gasteiger partial charge on any atom is -0.355 e. The fourth-order valence-electron chi connectivity index (χ4n) is 2.71. The number of amides is 2. The molecule has 0 heterocycles. The molecule has 5 heteroatoms. The largest absolute Gasteiger partial charge is 0.355 e. The first-order valence-corrected chi connectivity index (χ1v) is 8.78. The van der Waals surface area contributed by atoms with E-state index < -0.39 is 5.41 Å². The van der Waals surface area contributed by atoms with Gasteiger partial charge in [-0.3, -0.25) is 9.59 Å². The Morgan fingerprint density at radius 2 is 1.64 bits per heavy atom. The van der Waals surface area contributed by atoms with Gasteiger partial charge in [0.15, 0.2) is 0 Å². The van der Waals surface area contributed by atoms with Crippen LogP contribution in [0.4, 0.5) is 5.69 Å². The predicted octanol–water partition coefficient (Wildman–Crippen LogP) is 3.73. The number of aryl methyl sites for hydroxylation is 1. The van der Waals surface area contributed by atoms with Crippen LogP contribution in [0.5, 0.6) is 0 Å². The first-order chi connectivity index (χ1) is 12.0. The zero-order valence-corrected chi connectivity index (χ0v) is 14.9. The van der Waals surface area contributed by atoms with E-state index in [9.17, 15) is 9.59 Å². The molecule has 0 radical (unpaired) electrons. The van der Waals surface area contributed by atoms with Gasteiger partial charge in [-0.15, -0.1) is 0 Å². The molecule has 0 aliphatic heterocycles. The number of anilines is 1. The summed E-state index contributed by atoms with van der Waals surface area (Å²) in [6, 6.07) is 15.1. The fraction of sp³-hybridized carbons (Fsp3) is 0.300. The summed E-state index contributed by atoms with van der Waals surface area (Å²) in [5.41, 5.74) is 2.03. The van der Waals surface area contributed by atoms with Crippen molar-refractivity contribution < 1.29 is 9.59 Å². The van der Waals surface area contributed by atoms with Gasteiger partial charge in [0.2, 0.25) is 11.8 Å². The van der Waals surface area contributed by atoms with Crippen LogP contribution in [-0.4, -0.2) is 18.4 Å². The van der Waals surface area contributed by atoms with Crippen LogP contribution in [0.3, 0.4) is 0 Å². The first kappa shape index (κ1) is 17.5. The molecular weight excluding hydrogens is 336 g/mol. The highest BCUT2D eigenvalue weighted by Crippen LogP contribution is 2.46. The Labute approximate surface area is 152 Å². The summed E-state index contributed by atoms with van der Waals surface area (Å²) < 4.78 is 0. The molecule has 0 saturated heterocycles. The topological polar surface area (TPSA) is 58.2 Å². The fourth-order valence-corrected chi connectivity index (χ4v) is 2.84. The number of rotatable bonds is 6. The van der Waals surface area contributed by atoms with Gasteiger partial charge < -0.3 is 10.6 Å². The number of hydrogen-bond acceptors (Lipinski definition) is 2. The molecule has 0 unspecified atom stereocenters. The summed E-state index contributed by atoms with van der Waals surface area (Å²) in [7, 11) is 0. The molecule has 2 aromatic carbocycles. The van der Waals surface area contributed by atoms with Gasteiger partial charge in [0, 0.05) is 17.3 Å². The lowest BCUT2D eigenvalue weighted by Crippen LogP contribution is -2.40. The van der Waals surface area contributed by atoms with Gasteiger partial charge in [-0.1, -0.05) is 41.4 Å². The summed E-state index contributed by atoms with van der Waals surface area (Å²) in [6.45, 7) is 2.49. The maximum atomic E-state index is 12.5. The predicted molar refractivity (Wildman–Crippen MR) is 99.6 cm³/mol. The molecule has 130 valence electrons. The van der Waals surface area contributed by atoms with E-state index in [2.05, 4.69) is 10.6 Å². The average Bonchev–Trinajstić information content (AvgIpc) is 3.41. The van der Waals surface area contributed by atoms with Crippen LogP contribution in [0.2, 0.25) is 5.02 Å². The number of carbonyl (C=O) groups is 2. The van der Waals surface area contributed by atoms with Crippen LogP contribution >= 0.6 is 11.6 Å². The van der Waals surface area contributed by atoms with E-state index in [1.165, 1.54) is 0 Å². The Morgan fingerprint density at radius 1 is 1.00 bits per heavy atom. The summed E-state index contributed by atoms with van der Waals surface area (Å²) in [5.74, 6) is -0.411. The van der Waals surface area contributed by atoms with Gasteiger partial charge >= 0.3 is 0 Å². The average molecular weight is 357 g/mol. The molecule has 2 amide bonds. The van der Waals surface area contributed by atoms with E-state index in [1.54, 1.807) is 0 Å². The van der Waals surface area contributed by atoms with Gasteiger partial charge in [0.05, 0.1) is 0 Å². The van der Waals surface area contributed by atoms with Gasteiger partial charge in [0.25, 0.3) is 0 Å². The molecule has 1 aliphatic carbocycles. The van der Waals surface area contributed by atoms with E-state index in [0.717, 1.165) is 16.8 Å². The van der Waals surface area contributed by atoms with Crippen molar-refractivity contribution in [1.29, 1.82) is 0 Å². The summed E-state index contributed by atoms with van der Waals surface area (Å²) in [4.78, 5) is 25.0. The molecule has 25 heavy (non-hydrogen) atoms. The lowest BCUT2D eigenvalue weighted by atomic mass is 10.0. The lowest BCUT2D eigenvalue weighted by molar-refractivity contribution is -0.134. The second-order valence-corrected chi connectivity index (χ2v) is 6.97. The maximum absolute atomic E-state index is 12.5. The molecule has 0 atom stereocenters. The van der Waals surface area contributed by atoms with E-state index >= 15 is 0 Å². The summed E-state index contributed by atoms with van der Waals surface area (Å²) in [5, 5.41) is 6.44. The van der Waals surface area contributed by atoms with Gasteiger partial charge in [-0.2, -0.15) is 0 Å². The van der Waals surface area contributed by atoms with Crippen LogP contribution in [0.1, 0.15) is 24.0 Å². The lowest BCUT2D eigenvalue weighted by Gasteiger charge is -2.15. The molecule has 4 nitrogen and oxygen atoms in total. The van der Waals surface area contributed by atoms with Crippen molar-refractivity contribution in [2.24, 2.45) is 5.41 Å². The number of carbonyl (C=O) groups excluding carboxylic acids is 2. The van der Waals surface area contributed by atoms with Crippen molar-refractivity contribution in [3.05, 3.63) is 64.7 Å². The van der Waals surface area contributed by atoms with Crippen molar-refractivity contribution in [3.8, 4) is 0 Å². The first-order valence-electron chi connectivity index (χ1n) is 8.40. The van der Waals surface area contributed by atoms with E-state index in [1.807, 2.05) is 55.5 Å². The minimum absolute atomic E-state index is 0.189. The number of halogens is 1. The third kappa shape index (κ3) is 4.20. The van der Waals surface area contributed by atoms with E-state index in [-0.39, 0.29) is 11.8 Å². The van der Waals surface area contributed by atoms with Crippen molar-refractivity contribution in [2.45, 2.75) is 26.2 Å². The Hall–Kier alpha value is -2.33. The molecule has 3 rings (SSSR count). The van der Waals surface area contributed by atoms with Gasteiger partial charge in [-0.05, 0) is 56.0 Å². The standard InChI is InChI=1S/C20H21ClN2O2/c1-14-2-8-17(9-3-14)23-19(25)20(11-12-20)18(24)22-13-10-15-4-6-16(21)7-5-15/h2-9H,10-13H2,1H3,(H,22,24)(H,23,25). The maximum Gasteiger partial charge on any atom is 0.240 e. The molecule has 0 bridgehead atoms. The Kier molecular flexibility index (Phi) is 5.09. The monoisotopic (exact) mass is 356 g/mol. The van der Waals surface area contributed by atoms with E-state index in [0.29, 0.717) is 30.8 Å². The Balaban J connectivity index is 1.52. The number of hydrogen-bond donors (Lipinski definition) is 2. The molecule has 1 fully saturated rings. The SMILES string of the molecule is Cc1ccc(NC(=O)C2(C(=O)NCCc3ccc(Cl)cc3)CC2)cc1.